The molecular formula is C65H126O17P2. The van der Waals surface area contributed by atoms with Gasteiger partial charge in [0, 0.05) is 25.7 Å². The molecule has 0 saturated heterocycles. The fourth-order valence-corrected chi connectivity index (χ4v) is 11.2. The first-order valence-electron chi connectivity index (χ1n) is 33.8. The number of carbonyl (C=O) groups excluding carboxylic acids is 4. The first-order chi connectivity index (χ1) is 40.2. The summed E-state index contributed by atoms with van der Waals surface area (Å²) in [6.07, 6.45) is 38.1. The standard InChI is InChI=1S/C65H126O17P2/c1-8-9-10-11-12-13-14-15-16-17-18-19-20-21-22-34-41-48-64(69)81-60(52-75-62(67)46-39-32-26-23-29-36-43-56(2)3)54-79-83(71,72)77-50-59(66)51-78-84(73,74)80-55-61(82-65(70)49-42-35-28-25-31-38-45-58(6)7)53-76-63(68)47-40-33-27-24-30-37-44-57(4)5/h56-61,66H,8-55H2,1-7H3,(H,71,72)(H,73,74)/t59-,60-,61-/m1/s1. The van der Waals surface area contributed by atoms with Gasteiger partial charge in [-0.3, -0.25) is 37.3 Å². The second-order valence-corrected chi connectivity index (χ2v) is 27.8. The Morgan fingerprint density at radius 2 is 0.548 bits per heavy atom. The molecule has 0 saturated carbocycles. The van der Waals surface area contributed by atoms with E-state index in [0.717, 1.165) is 103 Å². The van der Waals surface area contributed by atoms with Crippen molar-refractivity contribution < 1.29 is 80.2 Å². The third kappa shape index (κ3) is 59.0. The van der Waals surface area contributed by atoms with Gasteiger partial charge in [-0.05, 0) is 43.4 Å². The summed E-state index contributed by atoms with van der Waals surface area (Å²) in [7, 11) is -9.89. The van der Waals surface area contributed by atoms with E-state index in [0.29, 0.717) is 43.4 Å². The lowest BCUT2D eigenvalue weighted by Gasteiger charge is -2.21. The molecule has 19 heteroatoms. The number of carbonyl (C=O) groups is 4. The van der Waals surface area contributed by atoms with Crippen LogP contribution in [0.1, 0.15) is 318 Å². The van der Waals surface area contributed by atoms with Crippen LogP contribution < -0.4 is 0 Å². The molecular weight excluding hydrogens is 1110 g/mol. The number of hydrogen-bond acceptors (Lipinski definition) is 15. The van der Waals surface area contributed by atoms with Gasteiger partial charge in [-0.2, -0.15) is 0 Å². The van der Waals surface area contributed by atoms with Crippen molar-refractivity contribution in [1.82, 2.24) is 0 Å². The molecule has 0 radical (unpaired) electrons. The highest BCUT2D eigenvalue weighted by Crippen LogP contribution is 2.45. The van der Waals surface area contributed by atoms with E-state index >= 15 is 0 Å². The van der Waals surface area contributed by atoms with Gasteiger partial charge in [-0.15, -0.1) is 0 Å². The van der Waals surface area contributed by atoms with Crippen LogP contribution in [0.25, 0.3) is 0 Å². The minimum Gasteiger partial charge on any atom is -0.462 e. The molecule has 17 nitrogen and oxygen atoms in total. The predicted octanol–water partition coefficient (Wildman–Crippen LogP) is 17.9. The zero-order valence-corrected chi connectivity index (χ0v) is 56.1. The molecule has 0 rings (SSSR count). The van der Waals surface area contributed by atoms with Gasteiger partial charge in [-0.1, -0.05) is 267 Å². The molecule has 0 aromatic heterocycles. The van der Waals surface area contributed by atoms with Crippen LogP contribution in [0.15, 0.2) is 0 Å². The molecule has 0 fully saturated rings. The van der Waals surface area contributed by atoms with E-state index in [1.165, 1.54) is 116 Å². The normalized spacial score (nSPS) is 14.3. The first-order valence-corrected chi connectivity index (χ1v) is 36.8. The summed E-state index contributed by atoms with van der Waals surface area (Å²) < 4.78 is 67.9. The summed E-state index contributed by atoms with van der Waals surface area (Å²) in [5, 5.41) is 10.5. The number of phosphoric acid groups is 2. The van der Waals surface area contributed by atoms with Crippen LogP contribution in [0.3, 0.4) is 0 Å². The van der Waals surface area contributed by atoms with Crippen molar-refractivity contribution in [2.24, 2.45) is 17.8 Å². The Balaban J connectivity index is 5.19. The van der Waals surface area contributed by atoms with E-state index in [1.807, 2.05) is 0 Å². The molecule has 0 spiro atoms. The number of rotatable bonds is 63. The molecule has 2 unspecified atom stereocenters. The minimum atomic E-state index is -4.95. The van der Waals surface area contributed by atoms with Gasteiger partial charge >= 0.3 is 39.5 Å². The van der Waals surface area contributed by atoms with Crippen molar-refractivity contribution in [2.45, 2.75) is 336 Å². The van der Waals surface area contributed by atoms with Crippen LogP contribution >= 0.6 is 15.6 Å². The van der Waals surface area contributed by atoms with Crippen molar-refractivity contribution >= 4 is 39.5 Å². The van der Waals surface area contributed by atoms with E-state index in [9.17, 15) is 43.2 Å². The van der Waals surface area contributed by atoms with E-state index in [4.69, 9.17) is 37.0 Å². The quantitative estimate of drug-likeness (QED) is 0.0222. The van der Waals surface area contributed by atoms with Crippen molar-refractivity contribution in [3.8, 4) is 0 Å². The Kier molecular flexibility index (Phi) is 55.0. The molecule has 0 bridgehead atoms. The van der Waals surface area contributed by atoms with Crippen LogP contribution in [0.4, 0.5) is 0 Å². The Morgan fingerprint density at radius 3 is 0.810 bits per heavy atom. The van der Waals surface area contributed by atoms with Crippen LogP contribution in [0.2, 0.25) is 0 Å². The van der Waals surface area contributed by atoms with E-state index in [-0.39, 0.29) is 25.7 Å². The van der Waals surface area contributed by atoms with Crippen molar-refractivity contribution in [3.63, 3.8) is 0 Å². The third-order valence-electron chi connectivity index (χ3n) is 14.9. The molecule has 5 atom stereocenters. The fourth-order valence-electron chi connectivity index (χ4n) is 9.66. The number of aliphatic hydroxyl groups excluding tert-OH is 1. The van der Waals surface area contributed by atoms with Gasteiger partial charge in [0.2, 0.25) is 0 Å². The lowest BCUT2D eigenvalue weighted by Crippen LogP contribution is -2.30. The molecule has 0 aliphatic carbocycles. The number of aliphatic hydroxyl groups is 1. The van der Waals surface area contributed by atoms with Gasteiger partial charge in [0.1, 0.15) is 19.3 Å². The number of unbranched alkanes of at least 4 members (excludes halogenated alkanes) is 31. The number of phosphoric ester groups is 2. The van der Waals surface area contributed by atoms with Crippen molar-refractivity contribution in [1.29, 1.82) is 0 Å². The van der Waals surface area contributed by atoms with Crippen LogP contribution in [0, 0.1) is 17.8 Å². The van der Waals surface area contributed by atoms with Crippen LogP contribution in [-0.4, -0.2) is 96.7 Å². The molecule has 0 aliphatic heterocycles. The van der Waals surface area contributed by atoms with Crippen LogP contribution in [-0.2, 0) is 65.4 Å². The summed E-state index contributed by atoms with van der Waals surface area (Å²) in [6, 6.07) is 0. The van der Waals surface area contributed by atoms with Gasteiger partial charge in [-0.25, -0.2) is 9.13 Å². The van der Waals surface area contributed by atoms with Gasteiger partial charge in [0.15, 0.2) is 12.2 Å². The second-order valence-electron chi connectivity index (χ2n) is 24.9. The van der Waals surface area contributed by atoms with Gasteiger partial charge < -0.3 is 33.8 Å². The van der Waals surface area contributed by atoms with Gasteiger partial charge in [0.05, 0.1) is 26.4 Å². The molecule has 0 aliphatic rings. The summed E-state index contributed by atoms with van der Waals surface area (Å²) in [6.45, 7) is 11.5. The topological polar surface area (TPSA) is 237 Å². The number of esters is 4. The first kappa shape index (κ1) is 82.1. The van der Waals surface area contributed by atoms with E-state index < -0.39 is 97.5 Å². The predicted molar refractivity (Wildman–Crippen MR) is 335 cm³/mol. The monoisotopic (exact) mass is 1240 g/mol. The highest BCUT2D eigenvalue weighted by molar-refractivity contribution is 7.47. The molecule has 0 aromatic carbocycles. The molecule has 0 heterocycles. The highest BCUT2D eigenvalue weighted by Gasteiger charge is 2.30. The molecule has 0 amide bonds. The summed E-state index contributed by atoms with van der Waals surface area (Å²) in [5.41, 5.74) is 0. The van der Waals surface area contributed by atoms with E-state index in [2.05, 4.69) is 48.5 Å². The largest absolute Gasteiger partial charge is 0.472 e. The zero-order chi connectivity index (χ0) is 62.4. The third-order valence-corrected chi connectivity index (χ3v) is 16.8. The molecule has 0 aromatic rings. The lowest BCUT2D eigenvalue weighted by atomic mass is 10.0. The lowest BCUT2D eigenvalue weighted by molar-refractivity contribution is -0.161. The summed E-state index contributed by atoms with van der Waals surface area (Å²) in [4.78, 5) is 72.1. The molecule has 84 heavy (non-hydrogen) atoms. The van der Waals surface area contributed by atoms with Crippen molar-refractivity contribution in [2.75, 3.05) is 39.6 Å². The minimum absolute atomic E-state index is 0.101. The Labute approximate surface area is 511 Å². The zero-order valence-electron chi connectivity index (χ0n) is 54.4. The summed E-state index contributed by atoms with van der Waals surface area (Å²) >= 11 is 0. The SMILES string of the molecule is CCCCCCCCCCCCCCCCCCCC(=O)O[C@H](COC(=O)CCCCCCCCC(C)C)COP(=O)(O)OC[C@@H](O)COP(=O)(O)OC[C@@H](COC(=O)CCCCCCCCC(C)C)OC(=O)CCCCCCCCC(C)C. The number of ether oxygens (including phenoxy) is 4. The van der Waals surface area contributed by atoms with Gasteiger partial charge in [0.25, 0.3) is 0 Å². The second kappa shape index (κ2) is 56.3. The maximum Gasteiger partial charge on any atom is 0.472 e. The Hall–Kier alpha value is -1.94. The van der Waals surface area contributed by atoms with Crippen molar-refractivity contribution in [3.05, 3.63) is 0 Å². The number of hydrogen-bond donors (Lipinski definition) is 3. The smallest absolute Gasteiger partial charge is 0.462 e. The molecule has 498 valence electrons. The Bertz CT molecular complexity index is 1660. The average molecular weight is 1240 g/mol. The van der Waals surface area contributed by atoms with Crippen LogP contribution in [0.5, 0.6) is 0 Å². The highest BCUT2D eigenvalue weighted by atomic mass is 31.2. The average Bonchev–Trinajstić information content (AvgIpc) is 3.57. The fraction of sp³-hybridized carbons (Fsp3) is 0.938. The maximum absolute atomic E-state index is 13.0. The van der Waals surface area contributed by atoms with E-state index in [1.54, 1.807) is 0 Å². The maximum atomic E-state index is 13.0. The molecule has 3 N–H and O–H groups in total. The Morgan fingerprint density at radius 1 is 0.321 bits per heavy atom. The summed E-state index contributed by atoms with van der Waals surface area (Å²) in [5.74, 6) is -0.114.